The molecule has 0 aliphatic rings. The first-order valence-electron chi connectivity index (χ1n) is 6.79. The number of ether oxygens (including phenoxy) is 2. The molecule has 110 valence electrons. The summed E-state index contributed by atoms with van der Waals surface area (Å²) in [6.07, 6.45) is 5.18. The highest BCUT2D eigenvalue weighted by Gasteiger charge is 2.19. The lowest BCUT2D eigenvalue weighted by molar-refractivity contribution is -0.143. The Kier molecular flexibility index (Phi) is 5.26. The van der Waals surface area contributed by atoms with Gasteiger partial charge >= 0.3 is 5.97 Å². The quantitative estimate of drug-likeness (QED) is 0.764. The van der Waals surface area contributed by atoms with Crippen LogP contribution in [0.2, 0.25) is 0 Å². The second-order valence-electron chi connectivity index (χ2n) is 4.51. The topological polar surface area (TPSA) is 61.3 Å². The zero-order valence-corrected chi connectivity index (χ0v) is 12.2. The third-order valence-electron chi connectivity index (χ3n) is 3.18. The summed E-state index contributed by atoms with van der Waals surface area (Å²) >= 11 is 0. The molecule has 1 aromatic carbocycles. The van der Waals surface area contributed by atoms with E-state index in [0.717, 1.165) is 16.9 Å². The van der Waals surface area contributed by atoms with Gasteiger partial charge in [0.2, 0.25) is 0 Å². The lowest BCUT2D eigenvalue weighted by atomic mass is 9.90. The normalized spacial score (nSPS) is 11.7. The Hall–Kier alpha value is -2.43. The zero-order valence-electron chi connectivity index (χ0n) is 12.2. The van der Waals surface area contributed by atoms with Crippen molar-refractivity contribution in [3.63, 3.8) is 0 Å². The molecule has 2 aromatic rings. The summed E-state index contributed by atoms with van der Waals surface area (Å²) in [5, 5.41) is 0. The molecule has 0 fully saturated rings. The molecule has 0 amide bonds. The van der Waals surface area contributed by atoms with Gasteiger partial charge in [0.05, 0.1) is 20.1 Å². The summed E-state index contributed by atoms with van der Waals surface area (Å²) < 4.78 is 10.2. The van der Waals surface area contributed by atoms with Crippen LogP contribution in [0, 0.1) is 0 Å². The molecule has 5 heteroatoms. The molecule has 0 aliphatic heterocycles. The van der Waals surface area contributed by atoms with Crippen molar-refractivity contribution in [1.82, 2.24) is 9.97 Å². The maximum absolute atomic E-state index is 11.8. The van der Waals surface area contributed by atoms with Crippen molar-refractivity contribution >= 4 is 5.97 Å². The molecule has 1 aromatic heterocycles. The molecular weight excluding hydrogens is 268 g/mol. The molecule has 1 atom stereocenters. The van der Waals surface area contributed by atoms with Crippen molar-refractivity contribution in [2.24, 2.45) is 0 Å². The molecule has 2 rings (SSSR count). The largest absolute Gasteiger partial charge is 0.497 e. The van der Waals surface area contributed by atoms with Crippen LogP contribution in [0.5, 0.6) is 5.75 Å². The van der Waals surface area contributed by atoms with Gasteiger partial charge in [0.25, 0.3) is 0 Å². The molecule has 0 radical (unpaired) electrons. The number of esters is 1. The smallest absolute Gasteiger partial charge is 0.306 e. The second-order valence-corrected chi connectivity index (χ2v) is 4.51. The highest BCUT2D eigenvalue weighted by molar-refractivity contribution is 5.71. The number of rotatable bonds is 6. The monoisotopic (exact) mass is 286 g/mol. The third-order valence-corrected chi connectivity index (χ3v) is 3.18. The van der Waals surface area contributed by atoms with Crippen LogP contribution in [0.4, 0.5) is 0 Å². The number of methoxy groups -OCH3 is 1. The van der Waals surface area contributed by atoms with Gasteiger partial charge in [0, 0.05) is 18.3 Å². The third kappa shape index (κ3) is 4.02. The van der Waals surface area contributed by atoms with Gasteiger partial charge in [0.15, 0.2) is 0 Å². The van der Waals surface area contributed by atoms with Crippen LogP contribution in [0.25, 0.3) is 0 Å². The molecule has 0 N–H and O–H groups in total. The van der Waals surface area contributed by atoms with Crippen molar-refractivity contribution in [3.05, 3.63) is 54.1 Å². The minimum atomic E-state index is -0.234. The van der Waals surface area contributed by atoms with Crippen molar-refractivity contribution in [3.8, 4) is 5.75 Å². The van der Waals surface area contributed by atoms with Crippen LogP contribution >= 0.6 is 0 Å². The summed E-state index contributed by atoms with van der Waals surface area (Å²) in [4.78, 5) is 19.9. The van der Waals surface area contributed by atoms with Crippen LogP contribution in [-0.4, -0.2) is 29.7 Å². The minimum Gasteiger partial charge on any atom is -0.497 e. The highest BCUT2D eigenvalue weighted by atomic mass is 16.5. The first-order chi connectivity index (χ1) is 10.2. The van der Waals surface area contributed by atoms with E-state index in [-0.39, 0.29) is 18.3 Å². The van der Waals surface area contributed by atoms with Crippen molar-refractivity contribution in [1.29, 1.82) is 0 Å². The average molecular weight is 286 g/mol. The van der Waals surface area contributed by atoms with E-state index in [4.69, 9.17) is 9.47 Å². The number of benzene rings is 1. The van der Waals surface area contributed by atoms with Gasteiger partial charge in [-0.25, -0.2) is 9.97 Å². The van der Waals surface area contributed by atoms with Crippen molar-refractivity contribution in [2.45, 2.75) is 19.3 Å². The Morgan fingerprint density at radius 2 is 1.81 bits per heavy atom. The minimum absolute atomic E-state index is 0.129. The predicted octanol–water partition coefficient (Wildman–Crippen LogP) is 2.57. The summed E-state index contributed by atoms with van der Waals surface area (Å²) in [7, 11) is 1.62. The molecule has 21 heavy (non-hydrogen) atoms. The fourth-order valence-electron chi connectivity index (χ4n) is 2.14. The van der Waals surface area contributed by atoms with Crippen LogP contribution in [-0.2, 0) is 9.53 Å². The Morgan fingerprint density at radius 3 is 2.38 bits per heavy atom. The van der Waals surface area contributed by atoms with Gasteiger partial charge in [0.1, 0.15) is 12.1 Å². The zero-order chi connectivity index (χ0) is 15.1. The highest BCUT2D eigenvalue weighted by Crippen LogP contribution is 2.28. The Morgan fingerprint density at radius 1 is 1.14 bits per heavy atom. The van der Waals surface area contributed by atoms with Crippen molar-refractivity contribution < 1.29 is 14.3 Å². The van der Waals surface area contributed by atoms with Gasteiger partial charge in [-0.15, -0.1) is 0 Å². The lowest BCUT2D eigenvalue weighted by Gasteiger charge is -2.16. The fraction of sp³-hybridized carbons (Fsp3) is 0.312. The summed E-state index contributed by atoms with van der Waals surface area (Å²) in [6, 6.07) is 7.63. The van der Waals surface area contributed by atoms with E-state index in [9.17, 15) is 4.79 Å². The number of hydrogen-bond acceptors (Lipinski definition) is 5. The molecule has 0 aliphatic carbocycles. The molecule has 1 heterocycles. The van der Waals surface area contributed by atoms with E-state index >= 15 is 0 Å². The van der Waals surface area contributed by atoms with Gasteiger partial charge in [-0.05, 0) is 30.2 Å². The predicted molar refractivity (Wildman–Crippen MR) is 78.1 cm³/mol. The fourth-order valence-corrected chi connectivity index (χ4v) is 2.14. The van der Waals surface area contributed by atoms with E-state index in [2.05, 4.69) is 9.97 Å². The maximum Gasteiger partial charge on any atom is 0.306 e. The van der Waals surface area contributed by atoms with E-state index in [1.807, 2.05) is 24.3 Å². The van der Waals surface area contributed by atoms with Crippen LogP contribution in [0.3, 0.4) is 0 Å². The van der Waals surface area contributed by atoms with Gasteiger partial charge in [-0.2, -0.15) is 0 Å². The summed E-state index contributed by atoms with van der Waals surface area (Å²) in [6.45, 7) is 2.17. The molecule has 5 nitrogen and oxygen atoms in total. The van der Waals surface area contributed by atoms with Crippen LogP contribution in [0.1, 0.15) is 30.4 Å². The average Bonchev–Trinajstić information content (AvgIpc) is 2.54. The van der Waals surface area contributed by atoms with E-state index in [1.165, 1.54) is 6.33 Å². The van der Waals surface area contributed by atoms with Crippen molar-refractivity contribution in [2.75, 3.05) is 13.7 Å². The number of hydrogen-bond donors (Lipinski definition) is 0. The van der Waals surface area contributed by atoms with E-state index in [1.54, 1.807) is 26.4 Å². The Bertz CT molecular complexity index is 570. The van der Waals surface area contributed by atoms with E-state index in [0.29, 0.717) is 6.61 Å². The SMILES string of the molecule is CCOC(=O)CC(c1ccc(OC)cc1)c1cncnc1. The van der Waals surface area contributed by atoms with Gasteiger partial charge in [-0.3, -0.25) is 4.79 Å². The molecule has 0 saturated heterocycles. The summed E-state index contributed by atoms with van der Waals surface area (Å²) in [5.41, 5.74) is 1.88. The molecule has 0 bridgehead atoms. The van der Waals surface area contributed by atoms with Crippen LogP contribution < -0.4 is 4.74 Å². The number of aromatic nitrogens is 2. The van der Waals surface area contributed by atoms with Crippen LogP contribution in [0.15, 0.2) is 43.0 Å². The Labute approximate surface area is 124 Å². The molecule has 0 saturated carbocycles. The number of carbonyl (C=O) groups is 1. The Balaban J connectivity index is 2.28. The van der Waals surface area contributed by atoms with Gasteiger partial charge in [-0.1, -0.05) is 12.1 Å². The van der Waals surface area contributed by atoms with Gasteiger partial charge < -0.3 is 9.47 Å². The first-order valence-corrected chi connectivity index (χ1v) is 6.79. The number of nitrogens with zero attached hydrogens (tertiary/aromatic N) is 2. The summed E-state index contributed by atoms with van der Waals surface area (Å²) in [5.74, 6) is 0.413. The number of carbonyl (C=O) groups excluding carboxylic acids is 1. The molecular formula is C16H18N2O3. The maximum atomic E-state index is 11.8. The van der Waals surface area contributed by atoms with E-state index < -0.39 is 0 Å². The standard InChI is InChI=1S/C16H18N2O3/c1-3-21-16(19)8-15(13-9-17-11-18-10-13)12-4-6-14(20-2)7-5-12/h4-7,9-11,15H,3,8H2,1-2H3. The second kappa shape index (κ2) is 7.38. The first kappa shape index (κ1) is 15.0. The lowest BCUT2D eigenvalue weighted by Crippen LogP contribution is -2.12. The molecule has 1 unspecified atom stereocenters. The molecule has 0 spiro atoms.